The van der Waals surface area contributed by atoms with Crippen LogP contribution in [0.3, 0.4) is 0 Å². The fourth-order valence-electron chi connectivity index (χ4n) is 3.72. The van der Waals surface area contributed by atoms with Gasteiger partial charge in [0.1, 0.15) is 12.1 Å². The van der Waals surface area contributed by atoms with Crippen molar-refractivity contribution in [1.82, 2.24) is 15.5 Å². The van der Waals surface area contributed by atoms with Crippen molar-refractivity contribution >= 4 is 17.8 Å². The van der Waals surface area contributed by atoms with Crippen LogP contribution in [-0.2, 0) is 28.0 Å². The molecule has 1 unspecified atom stereocenters. The van der Waals surface area contributed by atoms with Crippen LogP contribution in [0.5, 0.6) is 0 Å². The topological polar surface area (TPSA) is 78.5 Å². The molecule has 2 N–H and O–H groups in total. The largest absolute Gasteiger partial charge is 0.355 e. The molecule has 6 nitrogen and oxygen atoms in total. The molecule has 0 bridgehead atoms. The first-order valence-corrected chi connectivity index (χ1v) is 9.49. The number of nitrogens with one attached hydrogen (secondary N) is 2. The predicted molar refractivity (Wildman–Crippen MR) is 98.6 cm³/mol. The molecule has 3 rings (SSSR count). The molecule has 1 aromatic rings. The number of benzene rings is 1. The fourth-order valence-corrected chi connectivity index (χ4v) is 3.72. The van der Waals surface area contributed by atoms with E-state index in [1.807, 2.05) is 18.2 Å². The van der Waals surface area contributed by atoms with Crippen LogP contribution in [0, 0.1) is 0 Å². The van der Waals surface area contributed by atoms with Crippen molar-refractivity contribution in [2.75, 3.05) is 13.1 Å². The van der Waals surface area contributed by atoms with Gasteiger partial charge in [0.15, 0.2) is 0 Å². The Labute approximate surface area is 154 Å². The molecule has 4 amide bonds. The highest BCUT2D eigenvalue weighted by Crippen LogP contribution is 2.32. The second kappa shape index (κ2) is 7.48. The summed E-state index contributed by atoms with van der Waals surface area (Å²) in [6.45, 7) is 4.13. The molecule has 1 fully saturated rings. The maximum atomic E-state index is 12.9. The molecule has 0 radical (unpaired) electrons. The van der Waals surface area contributed by atoms with Crippen molar-refractivity contribution in [3.63, 3.8) is 0 Å². The van der Waals surface area contributed by atoms with Crippen LogP contribution < -0.4 is 10.6 Å². The van der Waals surface area contributed by atoms with E-state index >= 15 is 0 Å². The Morgan fingerprint density at radius 2 is 2.00 bits per heavy atom. The summed E-state index contributed by atoms with van der Waals surface area (Å²) >= 11 is 0. The van der Waals surface area contributed by atoms with E-state index in [1.54, 1.807) is 6.92 Å². The lowest BCUT2D eigenvalue weighted by atomic mass is 9.89. The smallest absolute Gasteiger partial charge is 0.325 e. The molecule has 0 saturated carbocycles. The van der Waals surface area contributed by atoms with E-state index in [9.17, 15) is 14.4 Å². The summed E-state index contributed by atoms with van der Waals surface area (Å²) in [6.07, 6.45) is 6.21. The van der Waals surface area contributed by atoms with E-state index in [0.717, 1.165) is 49.0 Å². The van der Waals surface area contributed by atoms with Crippen molar-refractivity contribution in [2.24, 2.45) is 0 Å². The summed E-state index contributed by atoms with van der Waals surface area (Å²) in [4.78, 5) is 38.3. The number of fused-ring (bicyclic) bond motifs is 1. The maximum Gasteiger partial charge on any atom is 0.325 e. The maximum absolute atomic E-state index is 12.9. The second-order valence-corrected chi connectivity index (χ2v) is 7.34. The Morgan fingerprint density at radius 3 is 2.77 bits per heavy atom. The first-order chi connectivity index (χ1) is 12.5. The molecule has 0 spiro atoms. The van der Waals surface area contributed by atoms with E-state index in [1.165, 1.54) is 11.1 Å². The zero-order valence-electron chi connectivity index (χ0n) is 15.6. The van der Waals surface area contributed by atoms with E-state index in [4.69, 9.17) is 0 Å². The van der Waals surface area contributed by atoms with E-state index in [0.29, 0.717) is 6.54 Å². The molecule has 1 aliphatic carbocycles. The van der Waals surface area contributed by atoms with Gasteiger partial charge < -0.3 is 10.6 Å². The normalized spacial score (nSPS) is 21.7. The summed E-state index contributed by atoms with van der Waals surface area (Å²) in [5.74, 6) is -0.674. The Kier molecular flexibility index (Phi) is 5.30. The van der Waals surface area contributed by atoms with Gasteiger partial charge in [-0.15, -0.1) is 0 Å². The molecular weight excluding hydrogens is 330 g/mol. The molecule has 0 aromatic heterocycles. The quantitative estimate of drug-likeness (QED) is 0.580. The van der Waals surface area contributed by atoms with E-state index in [2.05, 4.69) is 17.6 Å². The van der Waals surface area contributed by atoms with Gasteiger partial charge in [-0.3, -0.25) is 14.5 Å². The van der Waals surface area contributed by atoms with Crippen molar-refractivity contribution in [3.05, 3.63) is 34.9 Å². The van der Waals surface area contributed by atoms with Crippen molar-refractivity contribution in [2.45, 2.75) is 57.9 Å². The molecule has 6 heteroatoms. The number of imide groups is 1. The monoisotopic (exact) mass is 357 g/mol. The predicted octanol–water partition coefficient (Wildman–Crippen LogP) is 2.25. The van der Waals surface area contributed by atoms with Gasteiger partial charge in [0, 0.05) is 6.54 Å². The minimum absolute atomic E-state index is 0.239. The third-order valence-corrected chi connectivity index (χ3v) is 5.36. The highest BCUT2D eigenvalue weighted by atomic mass is 16.2. The second-order valence-electron chi connectivity index (χ2n) is 7.34. The standard InChI is InChI=1S/C20H27N3O3/c1-3-4-5-11-21-17(24)13-23-18(25)20(2,22-19(23)26)16-10-9-14-7-6-8-15(14)12-16/h9-10,12H,3-8,11,13H2,1-2H3,(H,21,24)(H,22,26). The van der Waals surface area contributed by atoms with Crippen molar-refractivity contribution in [3.8, 4) is 0 Å². The number of urea groups is 1. The number of nitrogens with zero attached hydrogens (tertiary/aromatic N) is 1. The van der Waals surface area contributed by atoms with Gasteiger partial charge in [0.2, 0.25) is 5.91 Å². The fraction of sp³-hybridized carbons (Fsp3) is 0.550. The first-order valence-electron chi connectivity index (χ1n) is 9.49. The lowest BCUT2D eigenvalue weighted by Gasteiger charge is -2.23. The average Bonchev–Trinajstić information content (AvgIpc) is 3.17. The molecular formula is C20H27N3O3. The highest BCUT2D eigenvalue weighted by Gasteiger charge is 2.49. The molecule has 26 heavy (non-hydrogen) atoms. The average molecular weight is 357 g/mol. The Balaban J connectivity index is 1.69. The Bertz CT molecular complexity index is 731. The summed E-state index contributed by atoms with van der Waals surface area (Å²) in [7, 11) is 0. The lowest BCUT2D eigenvalue weighted by molar-refractivity contribution is -0.134. The minimum Gasteiger partial charge on any atom is -0.355 e. The first kappa shape index (κ1) is 18.4. The summed E-state index contributed by atoms with van der Waals surface area (Å²) < 4.78 is 0. The summed E-state index contributed by atoms with van der Waals surface area (Å²) in [5, 5.41) is 5.55. The Hall–Kier alpha value is -2.37. The number of hydrogen-bond donors (Lipinski definition) is 2. The van der Waals surface area contributed by atoms with Gasteiger partial charge >= 0.3 is 6.03 Å². The minimum atomic E-state index is -1.11. The zero-order chi connectivity index (χ0) is 18.7. The molecule has 1 aliphatic heterocycles. The van der Waals surface area contributed by atoms with Crippen molar-refractivity contribution < 1.29 is 14.4 Å². The molecule has 1 saturated heterocycles. The molecule has 1 atom stereocenters. The zero-order valence-corrected chi connectivity index (χ0v) is 15.6. The number of rotatable bonds is 7. The van der Waals surface area contributed by atoms with E-state index in [-0.39, 0.29) is 18.4 Å². The van der Waals surface area contributed by atoms with Gasteiger partial charge in [-0.2, -0.15) is 0 Å². The highest BCUT2D eigenvalue weighted by molar-refractivity contribution is 6.09. The van der Waals surface area contributed by atoms with Crippen LogP contribution in [0.2, 0.25) is 0 Å². The molecule has 1 aromatic carbocycles. The molecule has 2 aliphatic rings. The number of amides is 4. The van der Waals surface area contributed by atoms with Crippen molar-refractivity contribution in [1.29, 1.82) is 0 Å². The van der Waals surface area contributed by atoms with Gasteiger partial charge in [-0.25, -0.2) is 4.79 Å². The number of carbonyl (C=O) groups excluding carboxylic acids is 3. The molecule has 140 valence electrons. The van der Waals surface area contributed by atoms with Crippen LogP contribution in [0.4, 0.5) is 4.79 Å². The van der Waals surface area contributed by atoms with Crippen LogP contribution >= 0.6 is 0 Å². The SMILES string of the molecule is CCCCCNC(=O)CN1C(=O)NC(C)(c2ccc3c(c2)CCC3)C1=O. The Morgan fingerprint density at radius 1 is 1.23 bits per heavy atom. The number of aryl methyl sites for hydroxylation is 2. The van der Waals surface area contributed by atoms with E-state index < -0.39 is 11.6 Å². The van der Waals surface area contributed by atoms with Crippen LogP contribution in [0.25, 0.3) is 0 Å². The number of carbonyl (C=O) groups is 3. The summed E-state index contributed by atoms with van der Waals surface area (Å²) in [5.41, 5.74) is 2.23. The van der Waals surface area contributed by atoms with Crippen LogP contribution in [-0.4, -0.2) is 35.8 Å². The van der Waals surface area contributed by atoms with Crippen LogP contribution in [0.1, 0.15) is 56.2 Å². The van der Waals surface area contributed by atoms with Gasteiger partial charge in [-0.1, -0.05) is 38.0 Å². The van der Waals surface area contributed by atoms with Gasteiger partial charge in [0.05, 0.1) is 0 Å². The molecule has 1 heterocycles. The lowest BCUT2D eigenvalue weighted by Crippen LogP contribution is -2.43. The van der Waals surface area contributed by atoms with Crippen LogP contribution in [0.15, 0.2) is 18.2 Å². The number of unbranched alkanes of at least 4 members (excludes halogenated alkanes) is 2. The van der Waals surface area contributed by atoms with Gasteiger partial charge in [-0.05, 0) is 49.3 Å². The third kappa shape index (κ3) is 3.45. The van der Waals surface area contributed by atoms with Gasteiger partial charge in [0.25, 0.3) is 5.91 Å². The third-order valence-electron chi connectivity index (χ3n) is 5.36. The number of hydrogen-bond acceptors (Lipinski definition) is 3. The summed E-state index contributed by atoms with van der Waals surface area (Å²) in [6, 6.07) is 5.47.